The predicted octanol–water partition coefficient (Wildman–Crippen LogP) is 3.18. The maximum atomic E-state index is 13.5. The molecule has 3 aromatic rings. The zero-order chi connectivity index (χ0) is 24.5. The fourth-order valence-electron chi connectivity index (χ4n) is 4.34. The molecule has 9 nitrogen and oxygen atoms in total. The van der Waals surface area contributed by atoms with Crippen LogP contribution in [0.2, 0.25) is 0 Å². The number of carboxylic acid groups (broad SMARTS) is 2. The smallest absolute Gasteiger partial charge is 0.326 e. The number of carboxylic acids is 2. The lowest BCUT2D eigenvalue weighted by Gasteiger charge is -2.28. The molecule has 0 radical (unpaired) electrons. The van der Waals surface area contributed by atoms with Crippen LogP contribution in [0.4, 0.5) is 11.4 Å². The zero-order valence-corrected chi connectivity index (χ0v) is 19.2. The van der Waals surface area contributed by atoms with E-state index in [2.05, 4.69) is 0 Å². The van der Waals surface area contributed by atoms with Crippen molar-refractivity contribution in [3.63, 3.8) is 0 Å². The quantitative estimate of drug-likeness (QED) is 0.500. The SMILES string of the molecule is COc1ccc(S(=O)(=O)N(CC(=O)O)c2ccc(N3CCC[C@@H]3C(=O)O)c3ccccc23)cc1. The number of rotatable bonds is 8. The maximum absolute atomic E-state index is 13.5. The molecule has 0 unspecified atom stereocenters. The molecule has 2 N–H and O–H groups in total. The predicted molar refractivity (Wildman–Crippen MR) is 127 cm³/mol. The minimum Gasteiger partial charge on any atom is -0.497 e. The van der Waals surface area contributed by atoms with Gasteiger partial charge < -0.3 is 19.8 Å². The summed E-state index contributed by atoms with van der Waals surface area (Å²) in [7, 11) is -2.77. The first kappa shape index (κ1) is 23.4. The van der Waals surface area contributed by atoms with E-state index in [4.69, 9.17) is 4.74 Å². The van der Waals surface area contributed by atoms with Crippen LogP contribution in [0.3, 0.4) is 0 Å². The Morgan fingerprint density at radius 1 is 1.03 bits per heavy atom. The molecule has 0 saturated carbocycles. The van der Waals surface area contributed by atoms with Gasteiger partial charge in [0.25, 0.3) is 10.0 Å². The van der Waals surface area contributed by atoms with Crippen molar-refractivity contribution in [1.29, 1.82) is 0 Å². The van der Waals surface area contributed by atoms with Gasteiger partial charge in [-0.05, 0) is 49.2 Å². The summed E-state index contributed by atoms with van der Waals surface area (Å²) in [5, 5.41) is 20.3. The number of hydrogen-bond acceptors (Lipinski definition) is 6. The average molecular weight is 485 g/mol. The van der Waals surface area contributed by atoms with E-state index in [1.54, 1.807) is 41.3 Å². The molecule has 0 aliphatic carbocycles. The summed E-state index contributed by atoms with van der Waals surface area (Å²) >= 11 is 0. The molecule has 1 aliphatic rings. The van der Waals surface area contributed by atoms with Gasteiger partial charge in [-0.3, -0.25) is 9.10 Å². The molecule has 0 bridgehead atoms. The summed E-state index contributed by atoms with van der Waals surface area (Å²) in [6.07, 6.45) is 1.24. The Bertz CT molecular complexity index is 1340. The van der Waals surface area contributed by atoms with Crippen molar-refractivity contribution in [3.8, 4) is 5.75 Å². The van der Waals surface area contributed by atoms with Crippen molar-refractivity contribution in [1.82, 2.24) is 0 Å². The highest BCUT2D eigenvalue weighted by Crippen LogP contribution is 2.39. The number of methoxy groups -OCH3 is 1. The second-order valence-corrected chi connectivity index (χ2v) is 9.78. The maximum Gasteiger partial charge on any atom is 0.326 e. The van der Waals surface area contributed by atoms with Gasteiger partial charge >= 0.3 is 11.9 Å². The van der Waals surface area contributed by atoms with Crippen molar-refractivity contribution in [2.24, 2.45) is 0 Å². The van der Waals surface area contributed by atoms with E-state index in [0.29, 0.717) is 35.2 Å². The number of ether oxygens (including phenoxy) is 1. The van der Waals surface area contributed by atoms with E-state index in [-0.39, 0.29) is 10.6 Å². The van der Waals surface area contributed by atoms with E-state index < -0.39 is 34.5 Å². The summed E-state index contributed by atoms with van der Waals surface area (Å²) in [6, 6.07) is 15.2. The Morgan fingerprint density at radius 2 is 1.71 bits per heavy atom. The van der Waals surface area contributed by atoms with Gasteiger partial charge in [0, 0.05) is 23.0 Å². The Labute approximate surface area is 196 Å². The molecule has 4 rings (SSSR count). The minimum absolute atomic E-state index is 0.0757. The number of aliphatic carboxylic acids is 2. The lowest BCUT2D eigenvalue weighted by Crippen LogP contribution is -2.37. The van der Waals surface area contributed by atoms with Crippen LogP contribution in [0.5, 0.6) is 5.75 Å². The van der Waals surface area contributed by atoms with Gasteiger partial charge in [0.15, 0.2) is 0 Å². The lowest BCUT2D eigenvalue weighted by atomic mass is 10.0. The van der Waals surface area contributed by atoms with Crippen LogP contribution in [-0.4, -0.2) is 56.8 Å². The second kappa shape index (κ2) is 9.22. The first-order valence-corrected chi connectivity index (χ1v) is 12.1. The molecule has 10 heteroatoms. The standard InChI is InChI=1S/C24H24N2O7S/c1-33-16-8-10-17(11-9-16)34(31,32)26(15-23(27)28)21-13-12-20(18-5-2-3-6-19(18)21)25-14-4-7-22(25)24(29)30/h2-3,5-6,8-13,22H,4,7,14-15H2,1H3,(H,27,28)(H,29,30)/t22-/m1/s1. The van der Waals surface area contributed by atoms with Crippen LogP contribution >= 0.6 is 0 Å². The molecule has 178 valence electrons. The second-order valence-electron chi connectivity index (χ2n) is 7.92. The van der Waals surface area contributed by atoms with Crippen molar-refractivity contribution >= 4 is 44.1 Å². The highest BCUT2D eigenvalue weighted by atomic mass is 32.2. The molecule has 1 aliphatic heterocycles. The van der Waals surface area contributed by atoms with E-state index in [9.17, 15) is 28.2 Å². The number of nitrogens with zero attached hydrogens (tertiary/aromatic N) is 2. The fourth-order valence-corrected chi connectivity index (χ4v) is 5.78. The Balaban J connectivity index is 1.87. The summed E-state index contributed by atoms with van der Waals surface area (Å²) in [5.74, 6) is -1.76. The Hall–Kier alpha value is -3.79. The third kappa shape index (κ3) is 4.24. The normalized spacial score (nSPS) is 15.9. The van der Waals surface area contributed by atoms with E-state index in [1.165, 1.54) is 31.4 Å². The molecule has 34 heavy (non-hydrogen) atoms. The van der Waals surface area contributed by atoms with Crippen LogP contribution in [0.15, 0.2) is 65.6 Å². The van der Waals surface area contributed by atoms with E-state index in [0.717, 1.165) is 10.7 Å². The largest absolute Gasteiger partial charge is 0.497 e. The first-order chi connectivity index (χ1) is 16.2. The Morgan fingerprint density at radius 3 is 2.32 bits per heavy atom. The molecule has 1 heterocycles. The van der Waals surface area contributed by atoms with Crippen LogP contribution in [0.1, 0.15) is 12.8 Å². The molecule has 0 amide bonds. The van der Waals surface area contributed by atoms with Crippen molar-refractivity contribution < 1.29 is 33.0 Å². The number of carbonyl (C=O) groups is 2. The molecular formula is C24H24N2O7S. The number of benzene rings is 3. The van der Waals surface area contributed by atoms with Gasteiger partial charge in [-0.1, -0.05) is 24.3 Å². The van der Waals surface area contributed by atoms with Gasteiger partial charge in [0.05, 0.1) is 17.7 Å². The minimum atomic E-state index is -4.23. The van der Waals surface area contributed by atoms with E-state index in [1.807, 2.05) is 0 Å². The monoisotopic (exact) mass is 484 g/mol. The third-order valence-electron chi connectivity index (χ3n) is 5.92. The summed E-state index contributed by atoms with van der Waals surface area (Å²) in [6.45, 7) is -0.220. The van der Waals surface area contributed by atoms with Crippen LogP contribution in [0.25, 0.3) is 10.8 Å². The fraction of sp³-hybridized carbons (Fsp3) is 0.250. The third-order valence-corrected chi connectivity index (χ3v) is 7.69. The first-order valence-electron chi connectivity index (χ1n) is 10.6. The van der Waals surface area contributed by atoms with Crippen LogP contribution in [-0.2, 0) is 19.6 Å². The average Bonchev–Trinajstić information content (AvgIpc) is 3.32. The van der Waals surface area contributed by atoms with Gasteiger partial charge in [-0.25, -0.2) is 13.2 Å². The van der Waals surface area contributed by atoms with Crippen molar-refractivity contribution in [3.05, 3.63) is 60.7 Å². The molecular weight excluding hydrogens is 460 g/mol. The van der Waals surface area contributed by atoms with Crippen molar-refractivity contribution in [2.75, 3.05) is 29.4 Å². The van der Waals surface area contributed by atoms with Gasteiger partial charge in [-0.15, -0.1) is 0 Å². The molecule has 1 atom stereocenters. The zero-order valence-electron chi connectivity index (χ0n) is 18.4. The highest BCUT2D eigenvalue weighted by Gasteiger charge is 2.33. The van der Waals surface area contributed by atoms with Gasteiger partial charge in [0.1, 0.15) is 18.3 Å². The number of fused-ring (bicyclic) bond motifs is 1. The highest BCUT2D eigenvalue weighted by molar-refractivity contribution is 7.92. The topological polar surface area (TPSA) is 124 Å². The Kier molecular flexibility index (Phi) is 6.34. The number of hydrogen-bond donors (Lipinski definition) is 2. The van der Waals surface area contributed by atoms with E-state index >= 15 is 0 Å². The molecule has 0 spiro atoms. The van der Waals surface area contributed by atoms with Crippen molar-refractivity contribution in [2.45, 2.75) is 23.8 Å². The van der Waals surface area contributed by atoms with Gasteiger partial charge in [-0.2, -0.15) is 0 Å². The summed E-state index contributed by atoms with van der Waals surface area (Å²) in [5.41, 5.74) is 0.866. The van der Waals surface area contributed by atoms with Crippen LogP contribution < -0.4 is 13.9 Å². The number of anilines is 2. The molecule has 0 aromatic heterocycles. The lowest BCUT2D eigenvalue weighted by molar-refractivity contribution is -0.138. The molecule has 1 fully saturated rings. The number of sulfonamides is 1. The molecule has 1 saturated heterocycles. The van der Waals surface area contributed by atoms with Gasteiger partial charge in [0.2, 0.25) is 0 Å². The summed E-state index contributed by atoms with van der Waals surface area (Å²) < 4.78 is 33.0. The van der Waals surface area contributed by atoms with Crippen LogP contribution in [0, 0.1) is 0 Å². The summed E-state index contributed by atoms with van der Waals surface area (Å²) in [4.78, 5) is 25.2. The molecule has 3 aromatic carbocycles.